The molecule has 0 aromatic rings. The molecule has 0 aromatic heterocycles. The van der Waals surface area contributed by atoms with Gasteiger partial charge in [0.25, 0.3) is 0 Å². The lowest BCUT2D eigenvalue weighted by Crippen LogP contribution is -2.29. The fraction of sp³-hybridized carbons (Fsp3) is 0.500. The van der Waals surface area contributed by atoms with E-state index in [1.165, 1.54) is 18.8 Å². The van der Waals surface area contributed by atoms with E-state index in [9.17, 15) is 0 Å². The van der Waals surface area contributed by atoms with Crippen molar-refractivity contribution in [3.05, 3.63) is 38.5 Å². The summed E-state index contributed by atoms with van der Waals surface area (Å²) in [6.45, 7) is 14.3. The fourth-order valence-corrected chi connectivity index (χ4v) is 1.09. The van der Waals surface area contributed by atoms with E-state index in [2.05, 4.69) is 26.7 Å². The van der Waals surface area contributed by atoms with E-state index in [0.717, 1.165) is 6.42 Å². The van der Waals surface area contributed by atoms with Gasteiger partial charge in [-0.25, -0.2) is 0 Å². The molecule has 0 bridgehead atoms. The summed E-state index contributed by atoms with van der Waals surface area (Å²) in [5.41, 5.74) is -0.106. The van der Waals surface area contributed by atoms with Crippen LogP contribution < -0.4 is 0 Å². The van der Waals surface area contributed by atoms with Crippen molar-refractivity contribution >= 4 is 0 Å². The van der Waals surface area contributed by atoms with Crippen molar-refractivity contribution in [3.8, 4) is 0 Å². The summed E-state index contributed by atoms with van der Waals surface area (Å²) in [7, 11) is 0. The van der Waals surface area contributed by atoms with Crippen molar-refractivity contribution < 1.29 is 14.2 Å². The van der Waals surface area contributed by atoms with Gasteiger partial charge in [-0.2, -0.15) is 0 Å². The molecule has 3 heteroatoms. The van der Waals surface area contributed by atoms with E-state index in [4.69, 9.17) is 14.2 Å². The van der Waals surface area contributed by atoms with Gasteiger partial charge in [0.2, 0.25) is 0 Å². The van der Waals surface area contributed by atoms with Crippen LogP contribution in [0.1, 0.15) is 13.3 Å². The Kier molecular flexibility index (Phi) is 7.24. The van der Waals surface area contributed by atoms with Crippen LogP contribution in [0.25, 0.3) is 0 Å². The molecule has 0 atom stereocenters. The van der Waals surface area contributed by atoms with Gasteiger partial charge in [-0.05, 0) is 6.42 Å². The van der Waals surface area contributed by atoms with Crippen molar-refractivity contribution in [1.29, 1.82) is 0 Å². The smallest absolute Gasteiger partial charge is 0.0960 e. The largest absolute Gasteiger partial charge is 0.502 e. The summed E-state index contributed by atoms with van der Waals surface area (Å²) in [5, 5.41) is 0. The second-order valence-electron chi connectivity index (χ2n) is 3.55. The van der Waals surface area contributed by atoms with Gasteiger partial charge in [-0.15, -0.1) is 0 Å². The molecular formula is C12H20O3. The molecule has 0 aliphatic carbocycles. The third-order valence-electron chi connectivity index (χ3n) is 2.04. The van der Waals surface area contributed by atoms with Gasteiger partial charge in [0.15, 0.2) is 0 Å². The van der Waals surface area contributed by atoms with Gasteiger partial charge in [0, 0.05) is 5.41 Å². The molecule has 0 rings (SSSR count). The minimum Gasteiger partial charge on any atom is -0.502 e. The summed E-state index contributed by atoms with van der Waals surface area (Å²) in [5.74, 6) is 0. The molecule has 0 aliphatic rings. The summed E-state index contributed by atoms with van der Waals surface area (Å²) >= 11 is 0. The lowest BCUT2D eigenvalue weighted by molar-refractivity contribution is 0.0311. The van der Waals surface area contributed by atoms with Crippen molar-refractivity contribution in [2.75, 3.05) is 19.8 Å². The first kappa shape index (κ1) is 13.6. The van der Waals surface area contributed by atoms with Crippen LogP contribution in [0.4, 0.5) is 0 Å². The maximum atomic E-state index is 5.19. The lowest BCUT2D eigenvalue weighted by atomic mass is 9.89. The second-order valence-corrected chi connectivity index (χ2v) is 3.55. The van der Waals surface area contributed by atoms with E-state index >= 15 is 0 Å². The highest BCUT2D eigenvalue weighted by Gasteiger charge is 2.25. The maximum Gasteiger partial charge on any atom is 0.0960 e. The monoisotopic (exact) mass is 212 g/mol. The van der Waals surface area contributed by atoms with Gasteiger partial charge in [0.1, 0.15) is 0 Å². The first-order chi connectivity index (χ1) is 7.18. The summed E-state index contributed by atoms with van der Waals surface area (Å²) in [6, 6.07) is 0. The Hall–Kier alpha value is -1.38. The molecule has 3 nitrogen and oxygen atoms in total. The molecule has 0 heterocycles. The quantitative estimate of drug-likeness (QED) is 0.411. The average molecular weight is 212 g/mol. The normalized spacial score (nSPS) is 10.2. The number of rotatable bonds is 10. The van der Waals surface area contributed by atoms with Gasteiger partial charge in [0.05, 0.1) is 38.6 Å². The molecule has 86 valence electrons. The zero-order chi connectivity index (χ0) is 11.6. The Morgan fingerprint density at radius 3 is 1.80 bits per heavy atom. The standard InChI is InChI=1S/C12H20O3/c1-5-13-9-8-12(4,10-14-6-2)11-15-7-3/h5-7H,1-3,8-11H2,4H3. The molecule has 0 saturated carbocycles. The molecular weight excluding hydrogens is 192 g/mol. The molecule has 0 unspecified atom stereocenters. The van der Waals surface area contributed by atoms with E-state index in [1.807, 2.05) is 0 Å². The molecule has 0 amide bonds. The molecule has 15 heavy (non-hydrogen) atoms. The maximum absolute atomic E-state index is 5.19. The van der Waals surface area contributed by atoms with Gasteiger partial charge in [-0.1, -0.05) is 26.7 Å². The topological polar surface area (TPSA) is 27.7 Å². The number of ether oxygens (including phenoxy) is 3. The van der Waals surface area contributed by atoms with Crippen LogP contribution in [-0.4, -0.2) is 19.8 Å². The van der Waals surface area contributed by atoms with Crippen molar-refractivity contribution in [3.63, 3.8) is 0 Å². The highest BCUT2D eigenvalue weighted by molar-refractivity contribution is 4.76. The van der Waals surface area contributed by atoms with Gasteiger partial charge < -0.3 is 14.2 Å². The third kappa shape index (κ3) is 6.66. The van der Waals surface area contributed by atoms with Crippen LogP contribution in [0.15, 0.2) is 38.5 Å². The zero-order valence-corrected chi connectivity index (χ0v) is 9.41. The van der Waals surface area contributed by atoms with E-state index in [-0.39, 0.29) is 5.41 Å². The lowest BCUT2D eigenvalue weighted by Gasteiger charge is -2.27. The van der Waals surface area contributed by atoms with Gasteiger partial charge in [-0.3, -0.25) is 0 Å². The van der Waals surface area contributed by atoms with E-state index < -0.39 is 0 Å². The fourth-order valence-electron chi connectivity index (χ4n) is 1.09. The van der Waals surface area contributed by atoms with Crippen molar-refractivity contribution in [1.82, 2.24) is 0 Å². The molecule has 0 aliphatic heterocycles. The first-order valence-corrected chi connectivity index (χ1v) is 4.86. The molecule has 0 spiro atoms. The van der Waals surface area contributed by atoms with Crippen LogP contribution in [0.2, 0.25) is 0 Å². The van der Waals surface area contributed by atoms with Crippen LogP contribution in [0.5, 0.6) is 0 Å². The van der Waals surface area contributed by atoms with Crippen LogP contribution in [0.3, 0.4) is 0 Å². The SMILES string of the molecule is C=COCCC(C)(COC=C)COC=C. The number of hydrogen-bond donors (Lipinski definition) is 0. The predicted molar refractivity (Wildman–Crippen MR) is 61.2 cm³/mol. The Bertz CT molecular complexity index is 187. The predicted octanol–water partition coefficient (Wildman–Crippen LogP) is 2.86. The van der Waals surface area contributed by atoms with Crippen molar-refractivity contribution in [2.24, 2.45) is 5.41 Å². The van der Waals surface area contributed by atoms with Crippen LogP contribution >= 0.6 is 0 Å². The number of hydrogen-bond acceptors (Lipinski definition) is 3. The minimum absolute atomic E-state index is 0.106. The molecule has 0 aromatic carbocycles. The Morgan fingerprint density at radius 2 is 1.40 bits per heavy atom. The summed E-state index contributed by atoms with van der Waals surface area (Å²) < 4.78 is 15.5. The third-order valence-corrected chi connectivity index (χ3v) is 2.04. The first-order valence-electron chi connectivity index (χ1n) is 4.86. The molecule has 0 fully saturated rings. The van der Waals surface area contributed by atoms with E-state index in [0.29, 0.717) is 19.8 Å². The highest BCUT2D eigenvalue weighted by atomic mass is 16.5. The Labute approximate surface area is 92.0 Å². The average Bonchev–Trinajstić information content (AvgIpc) is 2.24. The van der Waals surface area contributed by atoms with Crippen LogP contribution in [0, 0.1) is 5.41 Å². The highest BCUT2D eigenvalue weighted by Crippen LogP contribution is 2.22. The van der Waals surface area contributed by atoms with E-state index in [1.54, 1.807) is 0 Å². The van der Waals surface area contributed by atoms with Gasteiger partial charge >= 0.3 is 0 Å². The Morgan fingerprint density at radius 1 is 0.933 bits per heavy atom. The molecule has 0 radical (unpaired) electrons. The molecule has 0 N–H and O–H groups in total. The Balaban J connectivity index is 4.05. The van der Waals surface area contributed by atoms with Crippen LogP contribution in [-0.2, 0) is 14.2 Å². The van der Waals surface area contributed by atoms with Crippen molar-refractivity contribution in [2.45, 2.75) is 13.3 Å². The summed E-state index contributed by atoms with van der Waals surface area (Å²) in [4.78, 5) is 0. The molecule has 0 saturated heterocycles. The zero-order valence-electron chi connectivity index (χ0n) is 9.41. The second kappa shape index (κ2) is 7.97. The minimum atomic E-state index is -0.106. The summed E-state index contributed by atoms with van der Waals surface area (Å²) in [6.07, 6.45) is 5.12.